The molecule has 0 atom stereocenters. The molecule has 0 aliphatic heterocycles. The molecule has 0 fully saturated rings. The number of nitrogens with zero attached hydrogens (tertiary/aromatic N) is 3. The van der Waals surface area contributed by atoms with Crippen LogP contribution in [0.1, 0.15) is 11.1 Å². The van der Waals surface area contributed by atoms with Crippen LogP contribution in [-0.2, 0) is 10.0 Å². The highest BCUT2D eigenvalue weighted by atomic mass is 35.5. The van der Waals surface area contributed by atoms with E-state index in [0.717, 1.165) is 37.3 Å². The summed E-state index contributed by atoms with van der Waals surface area (Å²) in [6, 6.07) is 17.5. The third-order valence-electron chi connectivity index (χ3n) is 6.00. The number of pyridine rings is 1. The molecule has 182 valence electrons. The van der Waals surface area contributed by atoms with Gasteiger partial charge in [0.05, 0.1) is 12.0 Å². The Bertz CT molecular complexity index is 1690. The number of benzene rings is 3. The van der Waals surface area contributed by atoms with Crippen molar-refractivity contribution in [2.45, 2.75) is 18.7 Å². The first-order valence-electron chi connectivity index (χ1n) is 11.0. The van der Waals surface area contributed by atoms with Crippen molar-refractivity contribution < 1.29 is 17.7 Å². The highest BCUT2D eigenvalue weighted by Crippen LogP contribution is 2.42. The summed E-state index contributed by atoms with van der Waals surface area (Å²) in [5, 5.41) is 6.21. The Kier molecular flexibility index (Phi) is 6.15. The maximum absolute atomic E-state index is 14.0. The van der Waals surface area contributed by atoms with Crippen LogP contribution >= 0.6 is 11.6 Å². The van der Waals surface area contributed by atoms with E-state index >= 15 is 0 Å². The van der Waals surface area contributed by atoms with E-state index in [0.29, 0.717) is 16.5 Å². The average molecular weight is 520 g/mol. The molecule has 0 spiro atoms. The van der Waals surface area contributed by atoms with Crippen molar-refractivity contribution in [3.05, 3.63) is 95.5 Å². The SMILES string of the molecule is COc1cc(-c2ccc(Cl)c(C)c2)c(C)cc1N(c1ccon1)S(=O)(=O)c1ccc2cnccc2c1. The van der Waals surface area contributed by atoms with Crippen molar-refractivity contribution >= 4 is 43.9 Å². The van der Waals surface area contributed by atoms with E-state index in [4.69, 9.17) is 20.9 Å². The Morgan fingerprint density at radius 1 is 0.944 bits per heavy atom. The Balaban J connectivity index is 1.70. The summed E-state index contributed by atoms with van der Waals surface area (Å²) in [5.74, 6) is 0.470. The van der Waals surface area contributed by atoms with E-state index in [1.54, 1.807) is 42.7 Å². The van der Waals surface area contributed by atoms with Crippen molar-refractivity contribution in [3.8, 4) is 16.9 Å². The predicted molar refractivity (Wildman–Crippen MR) is 140 cm³/mol. The first kappa shape index (κ1) is 23.8. The number of hydrogen-bond donors (Lipinski definition) is 0. The van der Waals surface area contributed by atoms with Crippen LogP contribution in [0.4, 0.5) is 11.5 Å². The second kappa shape index (κ2) is 9.29. The fourth-order valence-electron chi connectivity index (χ4n) is 4.13. The molecule has 3 aromatic carbocycles. The van der Waals surface area contributed by atoms with Gasteiger partial charge >= 0.3 is 0 Å². The summed E-state index contributed by atoms with van der Waals surface area (Å²) in [5.41, 5.74) is 3.94. The minimum atomic E-state index is -4.11. The number of anilines is 2. The molecule has 36 heavy (non-hydrogen) atoms. The third-order valence-corrected chi connectivity index (χ3v) is 8.13. The Labute approximate surface area is 214 Å². The second-order valence-electron chi connectivity index (χ2n) is 8.31. The van der Waals surface area contributed by atoms with Gasteiger partial charge in [-0.1, -0.05) is 28.9 Å². The van der Waals surface area contributed by atoms with Crippen molar-refractivity contribution in [1.29, 1.82) is 0 Å². The number of fused-ring (bicyclic) bond motifs is 1. The molecule has 7 nitrogen and oxygen atoms in total. The van der Waals surface area contributed by atoms with Crippen LogP contribution in [0, 0.1) is 13.8 Å². The van der Waals surface area contributed by atoms with Gasteiger partial charge in [0.2, 0.25) is 0 Å². The Morgan fingerprint density at radius 3 is 2.50 bits per heavy atom. The summed E-state index contributed by atoms with van der Waals surface area (Å²) in [7, 11) is -2.61. The van der Waals surface area contributed by atoms with Crippen molar-refractivity contribution in [2.24, 2.45) is 0 Å². The van der Waals surface area contributed by atoms with E-state index in [1.165, 1.54) is 19.4 Å². The molecule has 0 N–H and O–H groups in total. The molecule has 0 unspecified atom stereocenters. The third kappa shape index (κ3) is 4.19. The molecule has 0 amide bonds. The van der Waals surface area contributed by atoms with Gasteiger partial charge in [0, 0.05) is 28.9 Å². The largest absolute Gasteiger partial charge is 0.495 e. The molecule has 0 radical (unpaired) electrons. The van der Waals surface area contributed by atoms with Gasteiger partial charge in [0.15, 0.2) is 5.82 Å². The van der Waals surface area contributed by atoms with Crippen molar-refractivity contribution in [2.75, 3.05) is 11.4 Å². The van der Waals surface area contributed by atoms with E-state index in [9.17, 15) is 8.42 Å². The maximum Gasteiger partial charge on any atom is 0.270 e. The number of rotatable bonds is 6. The van der Waals surface area contributed by atoms with Crippen LogP contribution in [0.3, 0.4) is 0 Å². The summed E-state index contributed by atoms with van der Waals surface area (Å²) < 4.78 is 40.0. The molecule has 2 heterocycles. The van der Waals surface area contributed by atoms with Crippen LogP contribution in [0.15, 0.2) is 88.7 Å². The number of sulfonamides is 1. The van der Waals surface area contributed by atoms with Gasteiger partial charge in [0.1, 0.15) is 17.7 Å². The van der Waals surface area contributed by atoms with Gasteiger partial charge in [0.25, 0.3) is 10.0 Å². The van der Waals surface area contributed by atoms with Gasteiger partial charge in [-0.25, -0.2) is 12.7 Å². The smallest absolute Gasteiger partial charge is 0.270 e. The molecular weight excluding hydrogens is 498 g/mol. The van der Waals surface area contributed by atoms with E-state index in [1.807, 2.05) is 38.1 Å². The highest BCUT2D eigenvalue weighted by molar-refractivity contribution is 7.93. The number of aryl methyl sites for hydroxylation is 2. The molecule has 0 aliphatic carbocycles. The fraction of sp³-hybridized carbons (Fsp3) is 0.111. The first-order valence-corrected chi connectivity index (χ1v) is 12.9. The lowest BCUT2D eigenvalue weighted by molar-refractivity contribution is 0.414. The highest BCUT2D eigenvalue weighted by Gasteiger charge is 2.32. The molecule has 0 bridgehead atoms. The summed E-state index contributed by atoms with van der Waals surface area (Å²) >= 11 is 6.22. The average Bonchev–Trinajstić information content (AvgIpc) is 3.40. The molecule has 5 aromatic rings. The first-order chi connectivity index (χ1) is 17.3. The van der Waals surface area contributed by atoms with Gasteiger partial charge in [-0.3, -0.25) is 4.98 Å². The fourth-order valence-corrected chi connectivity index (χ4v) is 5.72. The van der Waals surface area contributed by atoms with Gasteiger partial charge in [-0.2, -0.15) is 0 Å². The molecule has 9 heteroatoms. The molecule has 5 rings (SSSR count). The van der Waals surface area contributed by atoms with Gasteiger partial charge < -0.3 is 9.26 Å². The van der Waals surface area contributed by atoms with Gasteiger partial charge in [-0.15, -0.1) is 0 Å². The second-order valence-corrected chi connectivity index (χ2v) is 10.5. The van der Waals surface area contributed by atoms with Crippen LogP contribution in [-0.4, -0.2) is 25.7 Å². The van der Waals surface area contributed by atoms with E-state index in [-0.39, 0.29) is 10.7 Å². The number of methoxy groups -OCH3 is 1. The molecule has 0 saturated heterocycles. The Morgan fingerprint density at radius 2 is 1.78 bits per heavy atom. The minimum absolute atomic E-state index is 0.0984. The lowest BCUT2D eigenvalue weighted by Gasteiger charge is -2.25. The van der Waals surface area contributed by atoms with Crippen molar-refractivity contribution in [3.63, 3.8) is 0 Å². The molecule has 0 aliphatic rings. The summed E-state index contributed by atoms with van der Waals surface area (Å²) in [6.07, 6.45) is 4.64. The minimum Gasteiger partial charge on any atom is -0.495 e. The molecule has 2 aromatic heterocycles. The molecular formula is C27H22ClN3O4S. The number of aromatic nitrogens is 2. The van der Waals surface area contributed by atoms with E-state index < -0.39 is 10.0 Å². The zero-order valence-corrected chi connectivity index (χ0v) is 21.3. The zero-order valence-electron chi connectivity index (χ0n) is 19.8. The molecule has 0 saturated carbocycles. The van der Waals surface area contributed by atoms with E-state index in [2.05, 4.69) is 10.1 Å². The maximum atomic E-state index is 14.0. The lowest BCUT2D eigenvalue weighted by Crippen LogP contribution is -2.27. The predicted octanol–water partition coefficient (Wildman–Crippen LogP) is 6.70. The standard InChI is InChI=1S/C27H22ClN3O4S/c1-17-13-25(26(34-3)15-23(17)20-5-7-24(28)18(2)12-20)31(27-9-11-35-30-27)36(32,33)22-6-4-21-16-29-10-8-19(21)14-22/h4-16H,1-3H3. The quantitative estimate of drug-likeness (QED) is 0.248. The summed E-state index contributed by atoms with van der Waals surface area (Å²) in [4.78, 5) is 4.20. The lowest BCUT2D eigenvalue weighted by atomic mass is 9.98. The van der Waals surface area contributed by atoms with Crippen LogP contribution in [0.25, 0.3) is 21.9 Å². The monoisotopic (exact) mass is 519 g/mol. The summed E-state index contributed by atoms with van der Waals surface area (Å²) in [6.45, 7) is 3.85. The van der Waals surface area contributed by atoms with Crippen LogP contribution in [0.2, 0.25) is 5.02 Å². The van der Waals surface area contributed by atoms with Crippen LogP contribution < -0.4 is 9.04 Å². The normalized spacial score (nSPS) is 11.6. The van der Waals surface area contributed by atoms with Gasteiger partial charge in [-0.05, 0) is 84.0 Å². The Hall–Kier alpha value is -3.88. The van der Waals surface area contributed by atoms with Crippen LogP contribution in [0.5, 0.6) is 5.75 Å². The number of hydrogen-bond acceptors (Lipinski definition) is 6. The number of halogens is 1. The topological polar surface area (TPSA) is 85.5 Å². The van der Waals surface area contributed by atoms with Crippen molar-refractivity contribution in [1.82, 2.24) is 10.1 Å². The zero-order chi connectivity index (χ0) is 25.4. The number of ether oxygens (including phenoxy) is 1.